The van der Waals surface area contributed by atoms with E-state index in [1.54, 1.807) is 0 Å². The Balaban J connectivity index is 5.41. The van der Waals surface area contributed by atoms with Crippen LogP contribution in [0.4, 0.5) is 0 Å². The second kappa shape index (κ2) is 73.0. The summed E-state index contributed by atoms with van der Waals surface area (Å²) in [7, 11) is -9.97. The van der Waals surface area contributed by atoms with Crippen LogP contribution < -0.4 is 0 Å². The molecule has 0 fully saturated rings. The maximum absolute atomic E-state index is 13.1. The number of allylic oxidation sites excluding steroid dienone is 18. The van der Waals surface area contributed by atoms with Gasteiger partial charge in [-0.25, -0.2) is 9.13 Å². The molecule has 0 aliphatic rings. The molecule has 0 spiro atoms. The summed E-state index contributed by atoms with van der Waals surface area (Å²) in [6.07, 6.45) is 78.0. The number of hydrogen-bond donors (Lipinski definition) is 3. The van der Waals surface area contributed by atoms with E-state index in [1.807, 2.05) is 12.2 Å². The Kier molecular flexibility index (Phi) is 69.9. The van der Waals surface area contributed by atoms with Crippen molar-refractivity contribution < 1.29 is 80.2 Å². The number of carbonyl (C=O) groups is 4. The molecule has 0 aromatic carbocycles. The van der Waals surface area contributed by atoms with Gasteiger partial charge in [-0.3, -0.25) is 37.3 Å². The Morgan fingerprint density at radius 1 is 0.290 bits per heavy atom. The van der Waals surface area contributed by atoms with Crippen molar-refractivity contribution in [2.45, 2.75) is 341 Å². The minimum atomic E-state index is -5.00. The molecule has 100 heavy (non-hydrogen) atoms. The number of hydrogen-bond acceptors (Lipinski definition) is 15. The highest BCUT2D eigenvalue weighted by Crippen LogP contribution is 2.45. The third-order valence-electron chi connectivity index (χ3n) is 16.3. The van der Waals surface area contributed by atoms with Gasteiger partial charge in [-0.1, -0.05) is 304 Å². The molecule has 0 saturated heterocycles. The van der Waals surface area contributed by atoms with Crippen molar-refractivity contribution in [1.82, 2.24) is 0 Å². The molecule has 0 rings (SSSR count). The van der Waals surface area contributed by atoms with E-state index in [4.69, 9.17) is 37.0 Å². The van der Waals surface area contributed by atoms with Crippen LogP contribution in [0.3, 0.4) is 0 Å². The van der Waals surface area contributed by atoms with Gasteiger partial charge in [0.15, 0.2) is 12.2 Å². The number of ether oxygens (including phenoxy) is 4. The number of carbonyl (C=O) groups excluding carboxylic acids is 4. The molecule has 0 aliphatic heterocycles. The molecule has 576 valence electrons. The molecule has 0 radical (unpaired) electrons. The van der Waals surface area contributed by atoms with Gasteiger partial charge >= 0.3 is 39.5 Å². The van der Waals surface area contributed by atoms with Crippen LogP contribution in [0.1, 0.15) is 323 Å². The zero-order valence-electron chi connectivity index (χ0n) is 62.8. The van der Waals surface area contributed by atoms with E-state index < -0.39 is 97.5 Å². The number of rotatable bonds is 73. The molecule has 3 N–H and O–H groups in total. The molecule has 0 aliphatic carbocycles. The summed E-state index contributed by atoms with van der Waals surface area (Å²) in [4.78, 5) is 72.9. The van der Waals surface area contributed by atoms with Gasteiger partial charge < -0.3 is 33.8 Å². The molecule has 17 nitrogen and oxygen atoms in total. The first-order chi connectivity index (χ1) is 48.7. The van der Waals surface area contributed by atoms with E-state index in [9.17, 15) is 43.2 Å². The third-order valence-corrected chi connectivity index (χ3v) is 18.2. The van der Waals surface area contributed by atoms with Gasteiger partial charge in [0.05, 0.1) is 26.4 Å². The summed E-state index contributed by atoms with van der Waals surface area (Å²) < 4.78 is 68.4. The summed E-state index contributed by atoms with van der Waals surface area (Å²) in [5.41, 5.74) is 0. The average molecular weight is 1450 g/mol. The van der Waals surface area contributed by atoms with Crippen LogP contribution in [0.15, 0.2) is 109 Å². The fraction of sp³-hybridized carbons (Fsp3) is 0.728. The number of esters is 4. The summed E-state index contributed by atoms with van der Waals surface area (Å²) in [5, 5.41) is 10.6. The molecular weight excluding hydrogens is 1310 g/mol. The lowest BCUT2D eigenvalue weighted by atomic mass is 10.0. The van der Waals surface area contributed by atoms with Crippen molar-refractivity contribution in [2.24, 2.45) is 0 Å². The van der Waals surface area contributed by atoms with Crippen molar-refractivity contribution in [2.75, 3.05) is 39.6 Å². The molecule has 5 unspecified atom stereocenters. The molecule has 5 atom stereocenters. The maximum Gasteiger partial charge on any atom is 0.472 e. The number of phosphoric ester groups is 2. The number of unbranched alkanes of at least 4 members (excludes halogenated alkanes) is 29. The lowest BCUT2D eigenvalue weighted by Gasteiger charge is -2.21. The highest BCUT2D eigenvalue weighted by Gasteiger charge is 2.30. The van der Waals surface area contributed by atoms with Crippen LogP contribution in [-0.4, -0.2) is 96.7 Å². The minimum absolute atomic E-state index is 0.0293. The zero-order chi connectivity index (χ0) is 73.2. The van der Waals surface area contributed by atoms with Gasteiger partial charge in [-0.2, -0.15) is 0 Å². The summed E-state index contributed by atoms with van der Waals surface area (Å²) >= 11 is 0. The second-order valence-corrected chi connectivity index (χ2v) is 28.8. The van der Waals surface area contributed by atoms with Crippen molar-refractivity contribution >= 4 is 39.5 Å². The Morgan fingerprint density at radius 2 is 0.530 bits per heavy atom. The first-order valence-corrected chi connectivity index (χ1v) is 42.1. The van der Waals surface area contributed by atoms with Crippen LogP contribution in [0.5, 0.6) is 0 Å². The average Bonchev–Trinajstić information content (AvgIpc) is 1.06. The molecule has 0 aromatic heterocycles. The largest absolute Gasteiger partial charge is 0.472 e. The molecule has 0 amide bonds. The fourth-order valence-electron chi connectivity index (χ4n) is 10.4. The Morgan fingerprint density at radius 3 is 0.840 bits per heavy atom. The molecule has 19 heteroatoms. The van der Waals surface area contributed by atoms with Gasteiger partial charge in [0.1, 0.15) is 19.3 Å². The van der Waals surface area contributed by atoms with Gasteiger partial charge in [0, 0.05) is 25.7 Å². The quantitative estimate of drug-likeness (QED) is 0.0169. The summed E-state index contributed by atoms with van der Waals surface area (Å²) in [5.74, 6) is -2.27. The molecule has 0 bridgehead atoms. The van der Waals surface area contributed by atoms with E-state index in [2.05, 4.69) is 125 Å². The lowest BCUT2D eigenvalue weighted by molar-refractivity contribution is -0.161. The second-order valence-electron chi connectivity index (χ2n) is 25.9. The fourth-order valence-corrected chi connectivity index (χ4v) is 11.9. The van der Waals surface area contributed by atoms with Gasteiger partial charge in [0.2, 0.25) is 0 Å². The van der Waals surface area contributed by atoms with Gasteiger partial charge in [-0.05, 0) is 103 Å². The predicted octanol–water partition coefficient (Wildman–Crippen LogP) is 22.6. The van der Waals surface area contributed by atoms with Crippen LogP contribution in [-0.2, 0) is 65.4 Å². The molecule has 0 aromatic rings. The van der Waals surface area contributed by atoms with Crippen LogP contribution in [0, 0.1) is 0 Å². The minimum Gasteiger partial charge on any atom is -0.462 e. The first-order valence-electron chi connectivity index (χ1n) is 39.1. The summed E-state index contributed by atoms with van der Waals surface area (Å²) in [6, 6.07) is 0. The third kappa shape index (κ3) is 72.1. The van der Waals surface area contributed by atoms with E-state index in [0.717, 1.165) is 109 Å². The number of aliphatic hydroxyl groups is 1. The highest BCUT2D eigenvalue weighted by molar-refractivity contribution is 7.47. The van der Waals surface area contributed by atoms with Crippen molar-refractivity contribution in [3.63, 3.8) is 0 Å². The van der Waals surface area contributed by atoms with E-state index in [1.165, 1.54) is 122 Å². The first kappa shape index (κ1) is 95.7. The van der Waals surface area contributed by atoms with Crippen LogP contribution in [0.2, 0.25) is 0 Å². The topological polar surface area (TPSA) is 237 Å². The Bertz CT molecular complexity index is 2320. The van der Waals surface area contributed by atoms with Crippen LogP contribution >= 0.6 is 15.6 Å². The number of aliphatic hydroxyl groups excluding tert-OH is 1. The molecule has 0 saturated carbocycles. The van der Waals surface area contributed by atoms with E-state index in [0.29, 0.717) is 38.5 Å². The highest BCUT2D eigenvalue weighted by atomic mass is 31.2. The molecular formula is C81H140O17P2. The van der Waals surface area contributed by atoms with Crippen molar-refractivity contribution in [3.05, 3.63) is 109 Å². The lowest BCUT2D eigenvalue weighted by Crippen LogP contribution is -2.30. The normalized spacial score (nSPS) is 14.5. The Hall–Kier alpha value is -4.28. The van der Waals surface area contributed by atoms with Gasteiger partial charge in [-0.15, -0.1) is 0 Å². The predicted molar refractivity (Wildman–Crippen MR) is 408 cm³/mol. The molecule has 0 heterocycles. The van der Waals surface area contributed by atoms with E-state index in [-0.39, 0.29) is 25.7 Å². The maximum atomic E-state index is 13.1. The van der Waals surface area contributed by atoms with Gasteiger partial charge in [0.25, 0.3) is 0 Å². The monoisotopic (exact) mass is 1450 g/mol. The smallest absolute Gasteiger partial charge is 0.462 e. The van der Waals surface area contributed by atoms with Crippen molar-refractivity contribution in [1.29, 1.82) is 0 Å². The summed E-state index contributed by atoms with van der Waals surface area (Å²) in [6.45, 7) is 4.57. The SMILES string of the molecule is CC/C=C\C/C=C\C/C=C\C/C=C\C/C=C\CCCC(=O)OCC(COP(=O)(O)OCC(O)COP(=O)(O)OCC(COC(=O)CCCCCCCCCCCCCCCCC)OC(=O)CCCCCCCCCCCCCCC)OC(=O)CCCC/C=C\C/C=C\C/C=C\C/C=C\CC. The number of phosphoric acid groups is 2. The van der Waals surface area contributed by atoms with Crippen molar-refractivity contribution in [3.8, 4) is 0 Å². The van der Waals surface area contributed by atoms with E-state index >= 15 is 0 Å². The standard InChI is InChI=1S/C81H140O17P2/c1-5-9-13-17-21-25-29-33-36-37-40-43-46-50-54-58-62-66-79(84)92-72-77(98-81(86)68-64-60-56-52-48-44-39-35-31-27-23-19-15-11-7-3)74-96-100(89,90)94-70-75(82)69-93-99(87,88)95-73-76(97-80(85)67-63-59-55-51-47-41-32-28-24-20-16-12-8-4)71-91-78(83)65-61-57-53-49-45-42-38-34-30-26-22-18-14-10-6-2/h9,11,13,15,21,23,25,27,33,35-36,39-40,43,48,50,52,54,75-77,82H,5-8,10,12,14,16-20,22,24,26,28-32,34,37-38,41-42,44-47,49,51,53,55-74H2,1-4H3,(H,87,88)(H,89,90)/b13-9-,15-11-,25-21-,27-23-,36-33-,39-35-,43-40-,52-48-,54-50-. The van der Waals surface area contributed by atoms with Crippen LogP contribution in [0.25, 0.3) is 0 Å². The zero-order valence-corrected chi connectivity index (χ0v) is 64.6. The Labute approximate surface area is 607 Å².